The molecule has 10 aromatic carbocycles. The lowest BCUT2D eigenvalue weighted by Gasteiger charge is -2.14. The highest BCUT2D eigenvalue weighted by molar-refractivity contribution is 6.17. The Hall–Kier alpha value is -8.20. The van der Waals surface area contributed by atoms with Gasteiger partial charge in [0, 0.05) is 32.8 Å². The maximum Gasteiger partial charge on any atom is 0.0547 e. The molecular formula is C60H40N2. The number of fused-ring (bicyclic) bond motifs is 6. The summed E-state index contributed by atoms with van der Waals surface area (Å²) in [6.07, 6.45) is 0. The molecule has 0 saturated carbocycles. The first kappa shape index (κ1) is 35.7. The number of benzene rings is 10. The quantitative estimate of drug-likeness (QED) is 0.152. The summed E-state index contributed by atoms with van der Waals surface area (Å²) in [5.74, 6) is 0. The topological polar surface area (TPSA) is 9.86 Å². The first-order valence-electron chi connectivity index (χ1n) is 21.3. The second kappa shape index (κ2) is 14.8. The second-order valence-corrected chi connectivity index (χ2v) is 16.1. The van der Waals surface area contributed by atoms with Crippen molar-refractivity contribution in [2.24, 2.45) is 0 Å². The molecule has 0 aliphatic carbocycles. The van der Waals surface area contributed by atoms with Gasteiger partial charge in [-0.1, -0.05) is 188 Å². The maximum absolute atomic E-state index is 2.46. The van der Waals surface area contributed by atoms with E-state index in [-0.39, 0.29) is 0 Å². The molecule has 0 radical (unpaired) electrons. The van der Waals surface area contributed by atoms with E-state index in [1.54, 1.807) is 0 Å². The Labute approximate surface area is 360 Å². The van der Waals surface area contributed by atoms with E-state index < -0.39 is 0 Å². The van der Waals surface area contributed by atoms with Crippen LogP contribution in [0.25, 0.3) is 111 Å². The van der Waals surface area contributed by atoms with Gasteiger partial charge in [-0.2, -0.15) is 0 Å². The van der Waals surface area contributed by atoms with Crippen LogP contribution in [0.4, 0.5) is 0 Å². The molecule has 12 rings (SSSR count). The highest BCUT2D eigenvalue weighted by atomic mass is 15.0. The minimum atomic E-state index is 1.15. The van der Waals surface area contributed by atoms with Crippen molar-refractivity contribution in [1.29, 1.82) is 0 Å². The molecular weight excluding hydrogens is 749 g/mol. The fourth-order valence-electron chi connectivity index (χ4n) is 9.62. The monoisotopic (exact) mass is 788 g/mol. The highest BCUT2D eigenvalue weighted by Crippen LogP contribution is 2.43. The van der Waals surface area contributed by atoms with Crippen LogP contribution in [0.2, 0.25) is 0 Å². The first-order chi connectivity index (χ1) is 30.8. The normalized spacial score (nSPS) is 11.5. The summed E-state index contributed by atoms with van der Waals surface area (Å²) in [7, 11) is 0. The summed E-state index contributed by atoms with van der Waals surface area (Å²) < 4.78 is 4.87. The fourth-order valence-corrected chi connectivity index (χ4v) is 9.62. The zero-order chi connectivity index (χ0) is 41.0. The molecule has 0 amide bonds. The lowest BCUT2D eigenvalue weighted by molar-refractivity contribution is 1.18. The Balaban J connectivity index is 0.988. The van der Waals surface area contributed by atoms with Gasteiger partial charge in [0.2, 0.25) is 0 Å². The van der Waals surface area contributed by atoms with E-state index in [1.807, 2.05) is 0 Å². The van der Waals surface area contributed by atoms with Crippen molar-refractivity contribution < 1.29 is 0 Å². The van der Waals surface area contributed by atoms with Crippen LogP contribution >= 0.6 is 0 Å². The molecule has 12 aromatic rings. The Morgan fingerprint density at radius 2 is 0.661 bits per heavy atom. The molecule has 0 aliphatic heterocycles. The van der Waals surface area contributed by atoms with Gasteiger partial charge in [-0.15, -0.1) is 0 Å². The van der Waals surface area contributed by atoms with E-state index in [1.165, 1.54) is 105 Å². The minimum absolute atomic E-state index is 1.15. The fraction of sp³-hybridized carbons (Fsp3) is 0. The van der Waals surface area contributed by atoms with Crippen molar-refractivity contribution in [1.82, 2.24) is 9.13 Å². The largest absolute Gasteiger partial charge is 0.309 e. The van der Waals surface area contributed by atoms with Crippen molar-refractivity contribution in [2.45, 2.75) is 0 Å². The van der Waals surface area contributed by atoms with Crippen LogP contribution in [0, 0.1) is 0 Å². The SMILES string of the molecule is c1ccc(-c2ccc(-c3ccc(-n4c5ccccc5c5cc(-c6ccc7c(c6)c6c(-c8ccccc8)cccc6n7-c6ccccc6-c6ccccc6)ccc54)cc3)cc2)cc1. The summed E-state index contributed by atoms with van der Waals surface area (Å²) in [5, 5.41) is 4.97. The Kier molecular flexibility index (Phi) is 8.53. The Morgan fingerprint density at radius 3 is 1.32 bits per heavy atom. The van der Waals surface area contributed by atoms with E-state index in [4.69, 9.17) is 0 Å². The first-order valence-corrected chi connectivity index (χ1v) is 21.3. The molecule has 0 unspecified atom stereocenters. The number of nitrogens with zero attached hydrogens (tertiary/aromatic N) is 2. The van der Waals surface area contributed by atoms with Gasteiger partial charge in [0.05, 0.1) is 27.8 Å². The van der Waals surface area contributed by atoms with Crippen molar-refractivity contribution in [3.8, 4) is 67.0 Å². The van der Waals surface area contributed by atoms with E-state index in [9.17, 15) is 0 Å². The Bertz CT molecular complexity index is 3580. The molecule has 0 fully saturated rings. The molecule has 0 N–H and O–H groups in total. The Morgan fingerprint density at radius 1 is 0.226 bits per heavy atom. The molecule has 2 heterocycles. The van der Waals surface area contributed by atoms with Gasteiger partial charge in [-0.05, 0) is 105 Å². The third kappa shape index (κ3) is 5.96. The van der Waals surface area contributed by atoms with Gasteiger partial charge in [0.25, 0.3) is 0 Å². The van der Waals surface area contributed by atoms with Crippen LogP contribution in [0.3, 0.4) is 0 Å². The van der Waals surface area contributed by atoms with E-state index in [2.05, 4.69) is 252 Å². The molecule has 0 spiro atoms. The summed E-state index contributed by atoms with van der Waals surface area (Å²) >= 11 is 0. The van der Waals surface area contributed by atoms with Crippen LogP contribution < -0.4 is 0 Å². The van der Waals surface area contributed by atoms with E-state index in [0.717, 1.165) is 5.69 Å². The number of hydrogen-bond acceptors (Lipinski definition) is 0. The average Bonchev–Trinajstić information content (AvgIpc) is 3.87. The van der Waals surface area contributed by atoms with Crippen LogP contribution in [0.1, 0.15) is 0 Å². The molecule has 2 heteroatoms. The van der Waals surface area contributed by atoms with Gasteiger partial charge in [0.15, 0.2) is 0 Å². The summed E-state index contributed by atoms with van der Waals surface area (Å²) in [6.45, 7) is 0. The molecule has 2 nitrogen and oxygen atoms in total. The number of rotatable bonds is 7. The zero-order valence-corrected chi connectivity index (χ0v) is 34.0. The van der Waals surface area contributed by atoms with Crippen molar-refractivity contribution in [3.63, 3.8) is 0 Å². The number of para-hydroxylation sites is 2. The lowest BCUT2D eigenvalue weighted by atomic mass is 9.97. The number of hydrogen-bond donors (Lipinski definition) is 0. The molecule has 0 bridgehead atoms. The third-order valence-electron chi connectivity index (χ3n) is 12.6. The molecule has 0 saturated heterocycles. The van der Waals surface area contributed by atoms with Crippen molar-refractivity contribution in [3.05, 3.63) is 243 Å². The molecule has 0 aliphatic rings. The lowest BCUT2D eigenvalue weighted by Crippen LogP contribution is -1.97. The van der Waals surface area contributed by atoms with E-state index in [0.29, 0.717) is 0 Å². The molecule has 0 atom stereocenters. The molecule has 290 valence electrons. The smallest absolute Gasteiger partial charge is 0.0547 e. The van der Waals surface area contributed by atoms with Crippen molar-refractivity contribution >= 4 is 43.6 Å². The van der Waals surface area contributed by atoms with Crippen LogP contribution in [-0.2, 0) is 0 Å². The van der Waals surface area contributed by atoms with Gasteiger partial charge in [0.1, 0.15) is 0 Å². The predicted molar refractivity (Wildman–Crippen MR) is 262 cm³/mol. The van der Waals surface area contributed by atoms with Gasteiger partial charge in [-0.25, -0.2) is 0 Å². The molecule has 62 heavy (non-hydrogen) atoms. The standard InChI is InChI=1S/C60H40N2/c1-4-15-41(16-5-1)42-27-29-43(30-28-42)44-31-35-49(36-32-44)61-56-25-13-11-22-52(56)53-39-47(33-37-57(53)61)48-34-38-58-54(40-48)60-51(46-19-8-3-9-20-46)23-14-26-59(60)62(58)55-24-12-10-21-50(55)45-17-6-2-7-18-45/h1-40H. The van der Waals surface area contributed by atoms with Gasteiger partial charge >= 0.3 is 0 Å². The van der Waals surface area contributed by atoms with Crippen LogP contribution in [0.5, 0.6) is 0 Å². The summed E-state index contributed by atoms with van der Waals surface area (Å²) in [6, 6.07) is 88.3. The summed E-state index contributed by atoms with van der Waals surface area (Å²) in [4.78, 5) is 0. The summed E-state index contributed by atoms with van der Waals surface area (Å²) in [5.41, 5.74) is 19.2. The second-order valence-electron chi connectivity index (χ2n) is 16.1. The predicted octanol–water partition coefficient (Wildman–Crippen LogP) is 16.2. The van der Waals surface area contributed by atoms with Gasteiger partial charge < -0.3 is 9.13 Å². The average molecular weight is 789 g/mol. The highest BCUT2D eigenvalue weighted by Gasteiger charge is 2.20. The molecule has 2 aromatic heterocycles. The van der Waals surface area contributed by atoms with Crippen LogP contribution in [0.15, 0.2) is 243 Å². The zero-order valence-electron chi connectivity index (χ0n) is 34.0. The third-order valence-corrected chi connectivity index (χ3v) is 12.6. The van der Waals surface area contributed by atoms with Gasteiger partial charge in [-0.3, -0.25) is 0 Å². The maximum atomic E-state index is 2.46. The van der Waals surface area contributed by atoms with Crippen LogP contribution in [-0.4, -0.2) is 9.13 Å². The number of aromatic nitrogens is 2. The minimum Gasteiger partial charge on any atom is -0.309 e. The van der Waals surface area contributed by atoms with Crippen molar-refractivity contribution in [2.75, 3.05) is 0 Å². The van der Waals surface area contributed by atoms with E-state index >= 15 is 0 Å².